The molecule has 1 spiro atoms. The first-order chi connectivity index (χ1) is 20.3. The van der Waals surface area contributed by atoms with Crippen LogP contribution in [0, 0.1) is 11.8 Å². The van der Waals surface area contributed by atoms with Crippen LogP contribution in [0.2, 0.25) is 0 Å². The lowest BCUT2D eigenvalue weighted by Gasteiger charge is -2.37. The van der Waals surface area contributed by atoms with Crippen molar-refractivity contribution in [3.63, 3.8) is 0 Å². The van der Waals surface area contributed by atoms with Crippen molar-refractivity contribution < 1.29 is 29.0 Å². The number of para-hydroxylation sites is 1. The van der Waals surface area contributed by atoms with Crippen LogP contribution in [0.3, 0.4) is 0 Å². The summed E-state index contributed by atoms with van der Waals surface area (Å²) in [6.07, 6.45) is 4.60. The van der Waals surface area contributed by atoms with E-state index in [1.54, 1.807) is 53.3 Å². The summed E-state index contributed by atoms with van der Waals surface area (Å²) >= 11 is 0. The number of amides is 3. The number of nitrogens with zero attached hydrogens (tertiary/aromatic N) is 3. The third-order valence-electron chi connectivity index (χ3n) is 8.94. The van der Waals surface area contributed by atoms with Gasteiger partial charge in [-0.15, -0.1) is 13.2 Å². The van der Waals surface area contributed by atoms with E-state index in [1.165, 1.54) is 4.90 Å². The van der Waals surface area contributed by atoms with Gasteiger partial charge in [0.15, 0.2) is 0 Å². The number of fused-ring (bicyclic) bond motifs is 1. The molecule has 2 unspecified atom stereocenters. The third-order valence-corrected chi connectivity index (χ3v) is 8.94. The van der Waals surface area contributed by atoms with Crippen molar-refractivity contribution in [3.8, 4) is 5.75 Å². The molecule has 0 radical (unpaired) electrons. The van der Waals surface area contributed by atoms with E-state index in [0.29, 0.717) is 36.4 Å². The van der Waals surface area contributed by atoms with E-state index in [4.69, 9.17) is 9.47 Å². The van der Waals surface area contributed by atoms with E-state index in [-0.39, 0.29) is 44.0 Å². The van der Waals surface area contributed by atoms with Crippen LogP contribution in [0.5, 0.6) is 5.75 Å². The van der Waals surface area contributed by atoms with Crippen LogP contribution < -0.4 is 14.5 Å². The zero-order chi connectivity index (χ0) is 30.1. The Hall–Kier alpha value is -3.95. The van der Waals surface area contributed by atoms with Gasteiger partial charge in [0.25, 0.3) is 5.91 Å². The second-order valence-electron chi connectivity index (χ2n) is 11.3. The standard InChI is InChI=1S/C33H39N3O6/c1-5-19-34(23-11-8-7-9-12-23)29(38)26-27-30(39)36(21-10-22-37)28(33(27)18-17-32(26,3)42-33)31(40)35(20-6-2)24-13-15-25(41-4)16-14-24/h5-9,11-16,26-28,37H,1-2,10,17-22H2,3-4H3/t26-,27-,28?,32+,33?/m0/s1. The molecule has 1 N–H and O–H groups in total. The molecule has 2 aromatic carbocycles. The first kappa shape index (κ1) is 29.5. The fourth-order valence-corrected chi connectivity index (χ4v) is 7.15. The van der Waals surface area contributed by atoms with Gasteiger partial charge in [-0.2, -0.15) is 0 Å². The molecule has 5 rings (SSSR count). The normalized spacial score (nSPS) is 27.5. The van der Waals surface area contributed by atoms with Crippen molar-refractivity contribution in [2.24, 2.45) is 11.8 Å². The van der Waals surface area contributed by atoms with Crippen molar-refractivity contribution in [1.82, 2.24) is 4.90 Å². The number of carbonyl (C=O) groups excluding carboxylic acids is 3. The van der Waals surface area contributed by atoms with Gasteiger partial charge in [-0.05, 0) is 62.6 Å². The summed E-state index contributed by atoms with van der Waals surface area (Å²) in [4.78, 5) is 48.1. The predicted molar refractivity (Wildman–Crippen MR) is 160 cm³/mol. The summed E-state index contributed by atoms with van der Waals surface area (Å²) in [6, 6.07) is 15.5. The highest BCUT2D eigenvalue weighted by Gasteiger charge is 2.78. The van der Waals surface area contributed by atoms with Gasteiger partial charge in [0, 0.05) is 37.6 Å². The summed E-state index contributed by atoms with van der Waals surface area (Å²) in [5, 5.41) is 9.67. The van der Waals surface area contributed by atoms with Crippen molar-refractivity contribution in [3.05, 3.63) is 79.9 Å². The Kier molecular flexibility index (Phi) is 8.25. The van der Waals surface area contributed by atoms with Gasteiger partial charge in [0.1, 0.15) is 17.4 Å². The van der Waals surface area contributed by atoms with Crippen molar-refractivity contribution >= 4 is 29.1 Å². The number of hydrogen-bond donors (Lipinski definition) is 1. The molecule has 0 saturated carbocycles. The number of hydrogen-bond acceptors (Lipinski definition) is 6. The number of ether oxygens (including phenoxy) is 2. The average molecular weight is 574 g/mol. The fraction of sp³-hybridized carbons (Fsp3) is 0.424. The van der Waals surface area contributed by atoms with Crippen LogP contribution >= 0.6 is 0 Å². The minimum atomic E-state index is -1.18. The lowest BCUT2D eigenvalue weighted by atomic mass is 9.66. The smallest absolute Gasteiger partial charge is 0.253 e. The fourth-order valence-electron chi connectivity index (χ4n) is 7.15. The van der Waals surface area contributed by atoms with E-state index in [9.17, 15) is 19.5 Å². The molecular weight excluding hydrogens is 534 g/mol. The topological polar surface area (TPSA) is 99.6 Å². The summed E-state index contributed by atoms with van der Waals surface area (Å²) in [5.41, 5.74) is -0.769. The molecule has 2 bridgehead atoms. The summed E-state index contributed by atoms with van der Waals surface area (Å²) < 4.78 is 12.1. The number of anilines is 2. The maximum Gasteiger partial charge on any atom is 0.253 e. The molecule has 3 aliphatic rings. The number of carbonyl (C=O) groups is 3. The zero-order valence-electron chi connectivity index (χ0n) is 24.3. The molecular formula is C33H39N3O6. The van der Waals surface area contributed by atoms with E-state index in [2.05, 4.69) is 13.2 Å². The molecule has 9 nitrogen and oxygen atoms in total. The molecule has 3 amide bonds. The quantitative estimate of drug-likeness (QED) is 0.390. The number of aliphatic hydroxyl groups excluding tert-OH is 1. The molecule has 222 valence electrons. The summed E-state index contributed by atoms with van der Waals surface area (Å²) in [7, 11) is 1.57. The van der Waals surface area contributed by atoms with Crippen LogP contribution in [0.4, 0.5) is 11.4 Å². The third kappa shape index (κ3) is 4.70. The van der Waals surface area contributed by atoms with Crippen LogP contribution in [-0.2, 0) is 19.1 Å². The number of likely N-dealkylation sites (tertiary alicyclic amines) is 1. The molecule has 0 aliphatic carbocycles. The first-order valence-electron chi connectivity index (χ1n) is 14.4. The number of methoxy groups -OCH3 is 1. The largest absolute Gasteiger partial charge is 0.497 e. The Labute approximate surface area is 247 Å². The van der Waals surface area contributed by atoms with Crippen molar-refractivity contribution in [2.45, 2.75) is 43.4 Å². The first-order valence-corrected chi connectivity index (χ1v) is 14.4. The van der Waals surface area contributed by atoms with Crippen LogP contribution in [0.15, 0.2) is 79.9 Å². The SMILES string of the molecule is C=CCN(C(=O)C1N(CCCO)C(=O)[C@@H]2[C@@H](C(=O)N(CC=C)c3ccccc3)[C@@]3(C)CCC12O3)c1ccc(OC)cc1. The summed E-state index contributed by atoms with van der Waals surface area (Å²) in [5.74, 6) is -1.80. The summed E-state index contributed by atoms with van der Waals surface area (Å²) in [6.45, 7) is 10.1. The van der Waals surface area contributed by atoms with Crippen molar-refractivity contribution in [2.75, 3.05) is 43.2 Å². The highest BCUT2D eigenvalue weighted by Crippen LogP contribution is 2.63. The van der Waals surface area contributed by atoms with Crippen LogP contribution in [0.1, 0.15) is 26.2 Å². The maximum absolute atomic E-state index is 14.6. The number of benzene rings is 2. The van der Waals surface area contributed by atoms with Crippen LogP contribution in [0.25, 0.3) is 0 Å². The highest BCUT2D eigenvalue weighted by molar-refractivity contribution is 6.06. The van der Waals surface area contributed by atoms with Gasteiger partial charge in [0.2, 0.25) is 11.8 Å². The average Bonchev–Trinajstić information content (AvgIpc) is 3.57. The minimum absolute atomic E-state index is 0.140. The Bertz CT molecular complexity index is 1350. The molecule has 3 heterocycles. The zero-order valence-corrected chi connectivity index (χ0v) is 24.3. The minimum Gasteiger partial charge on any atom is -0.497 e. The van der Waals surface area contributed by atoms with Gasteiger partial charge < -0.3 is 29.3 Å². The van der Waals surface area contributed by atoms with E-state index >= 15 is 0 Å². The second-order valence-corrected chi connectivity index (χ2v) is 11.3. The lowest BCUT2D eigenvalue weighted by Crippen LogP contribution is -2.56. The molecule has 42 heavy (non-hydrogen) atoms. The maximum atomic E-state index is 14.6. The molecule has 5 atom stereocenters. The monoisotopic (exact) mass is 573 g/mol. The van der Waals surface area contributed by atoms with E-state index in [0.717, 1.165) is 0 Å². The Morgan fingerprint density at radius 3 is 2.24 bits per heavy atom. The highest BCUT2D eigenvalue weighted by atomic mass is 16.5. The van der Waals surface area contributed by atoms with E-state index in [1.807, 2.05) is 37.3 Å². The van der Waals surface area contributed by atoms with Gasteiger partial charge in [-0.25, -0.2) is 0 Å². The number of aliphatic hydroxyl groups is 1. The van der Waals surface area contributed by atoms with Crippen LogP contribution in [-0.4, -0.2) is 78.3 Å². The predicted octanol–water partition coefficient (Wildman–Crippen LogP) is 3.58. The lowest BCUT2D eigenvalue weighted by molar-refractivity contribution is -0.144. The van der Waals surface area contributed by atoms with Crippen molar-refractivity contribution in [1.29, 1.82) is 0 Å². The Balaban J connectivity index is 1.57. The molecule has 3 fully saturated rings. The molecule has 0 aromatic heterocycles. The van der Waals surface area contributed by atoms with Gasteiger partial charge in [-0.3, -0.25) is 14.4 Å². The van der Waals surface area contributed by atoms with Gasteiger partial charge in [0.05, 0.1) is 24.5 Å². The van der Waals surface area contributed by atoms with Gasteiger partial charge >= 0.3 is 0 Å². The second kappa shape index (κ2) is 11.7. The molecule has 9 heteroatoms. The molecule has 3 aliphatic heterocycles. The Morgan fingerprint density at radius 2 is 1.64 bits per heavy atom. The molecule has 2 aromatic rings. The van der Waals surface area contributed by atoms with Gasteiger partial charge in [-0.1, -0.05) is 30.4 Å². The van der Waals surface area contributed by atoms with E-state index < -0.39 is 29.1 Å². The molecule has 3 saturated heterocycles. The Morgan fingerprint density at radius 1 is 1.02 bits per heavy atom. The number of rotatable bonds is 12.